The summed E-state index contributed by atoms with van der Waals surface area (Å²) in [6.07, 6.45) is 3.23. The monoisotopic (exact) mass is 216 g/mol. The van der Waals surface area contributed by atoms with Crippen LogP contribution in [0, 0.1) is 0 Å². The van der Waals surface area contributed by atoms with Crippen LogP contribution in [0.1, 0.15) is 18.2 Å². The topological polar surface area (TPSA) is 52.0 Å². The minimum atomic E-state index is 0.649. The van der Waals surface area contributed by atoms with Crippen LogP contribution in [0.25, 0.3) is 11.3 Å². The van der Waals surface area contributed by atoms with Gasteiger partial charge in [0.25, 0.3) is 0 Å². The van der Waals surface area contributed by atoms with Gasteiger partial charge in [-0.05, 0) is 18.5 Å². The van der Waals surface area contributed by atoms with E-state index in [1.54, 1.807) is 0 Å². The molecule has 0 aliphatic carbocycles. The molecule has 2 aromatic rings. The highest BCUT2D eigenvalue weighted by atomic mass is 16.3. The van der Waals surface area contributed by atoms with Crippen LogP contribution in [0.3, 0.4) is 0 Å². The van der Waals surface area contributed by atoms with E-state index in [-0.39, 0.29) is 0 Å². The molecule has 2 rings (SSSR count). The van der Waals surface area contributed by atoms with E-state index in [2.05, 4.69) is 24.0 Å². The van der Waals surface area contributed by atoms with E-state index in [1.165, 1.54) is 12.0 Å². The molecule has 0 unspecified atom stereocenters. The van der Waals surface area contributed by atoms with Crippen molar-refractivity contribution in [2.24, 2.45) is 5.73 Å². The fourth-order valence-electron chi connectivity index (χ4n) is 1.87. The molecule has 0 aliphatic rings. The lowest BCUT2D eigenvalue weighted by Crippen LogP contribution is -2.04. The molecule has 1 aromatic heterocycles. The van der Waals surface area contributed by atoms with Crippen molar-refractivity contribution in [1.29, 1.82) is 0 Å². The van der Waals surface area contributed by atoms with Crippen molar-refractivity contribution >= 4 is 0 Å². The van der Waals surface area contributed by atoms with E-state index >= 15 is 0 Å². The van der Waals surface area contributed by atoms with Crippen LogP contribution in [-0.4, -0.2) is 11.5 Å². The summed E-state index contributed by atoms with van der Waals surface area (Å²) in [6.45, 7) is 2.71. The zero-order valence-electron chi connectivity index (χ0n) is 9.44. The largest absolute Gasteiger partial charge is 0.448 e. The molecule has 0 atom stereocenters. The molecule has 3 heteroatoms. The number of rotatable bonds is 4. The molecule has 0 saturated carbocycles. The standard InChI is InChI=1S/C13H16N2O/c1-2-12-13(15-9-16-12)11-6-4-3-5-10(11)7-8-14/h3-6,9H,2,7-8,14H2,1H3. The fraction of sp³-hybridized carbons (Fsp3) is 0.308. The van der Waals surface area contributed by atoms with Gasteiger partial charge in [-0.2, -0.15) is 0 Å². The summed E-state index contributed by atoms with van der Waals surface area (Å²) in [5.41, 5.74) is 8.93. The summed E-state index contributed by atoms with van der Waals surface area (Å²) in [5, 5.41) is 0. The Hall–Kier alpha value is -1.61. The van der Waals surface area contributed by atoms with Crippen molar-refractivity contribution in [3.05, 3.63) is 42.0 Å². The zero-order chi connectivity index (χ0) is 11.4. The predicted octanol–water partition coefficient (Wildman–Crippen LogP) is 2.41. The Morgan fingerprint density at radius 2 is 2.12 bits per heavy atom. The van der Waals surface area contributed by atoms with Crippen LogP contribution in [-0.2, 0) is 12.8 Å². The van der Waals surface area contributed by atoms with Crippen molar-refractivity contribution in [3.63, 3.8) is 0 Å². The molecular formula is C13H16N2O. The lowest BCUT2D eigenvalue weighted by molar-refractivity contribution is 0.510. The Balaban J connectivity index is 2.46. The highest BCUT2D eigenvalue weighted by Gasteiger charge is 2.11. The van der Waals surface area contributed by atoms with Crippen molar-refractivity contribution in [1.82, 2.24) is 4.98 Å². The Bertz CT molecular complexity index is 462. The van der Waals surface area contributed by atoms with Crippen LogP contribution in [0.2, 0.25) is 0 Å². The number of nitrogens with zero attached hydrogens (tertiary/aromatic N) is 1. The maximum absolute atomic E-state index is 5.61. The summed E-state index contributed by atoms with van der Waals surface area (Å²) in [6, 6.07) is 8.21. The fourth-order valence-corrected chi connectivity index (χ4v) is 1.87. The third kappa shape index (κ3) is 1.99. The quantitative estimate of drug-likeness (QED) is 0.853. The number of aryl methyl sites for hydroxylation is 1. The predicted molar refractivity (Wildman–Crippen MR) is 64.1 cm³/mol. The highest BCUT2D eigenvalue weighted by Crippen LogP contribution is 2.26. The third-order valence-electron chi connectivity index (χ3n) is 2.65. The van der Waals surface area contributed by atoms with Gasteiger partial charge in [0.15, 0.2) is 6.39 Å². The molecule has 0 radical (unpaired) electrons. The summed E-state index contributed by atoms with van der Waals surface area (Å²) in [7, 11) is 0. The second-order valence-electron chi connectivity index (χ2n) is 3.67. The Morgan fingerprint density at radius 1 is 1.31 bits per heavy atom. The lowest BCUT2D eigenvalue weighted by atomic mass is 10.0. The minimum Gasteiger partial charge on any atom is -0.448 e. The van der Waals surface area contributed by atoms with E-state index in [0.717, 1.165) is 29.9 Å². The van der Waals surface area contributed by atoms with E-state index < -0.39 is 0 Å². The maximum Gasteiger partial charge on any atom is 0.181 e. The first-order valence-electron chi connectivity index (χ1n) is 5.57. The van der Waals surface area contributed by atoms with Crippen molar-refractivity contribution < 1.29 is 4.42 Å². The van der Waals surface area contributed by atoms with Crippen LogP contribution >= 0.6 is 0 Å². The highest BCUT2D eigenvalue weighted by molar-refractivity contribution is 5.65. The molecule has 1 heterocycles. The van der Waals surface area contributed by atoms with Crippen LogP contribution in [0.5, 0.6) is 0 Å². The first-order valence-corrected chi connectivity index (χ1v) is 5.57. The average molecular weight is 216 g/mol. The van der Waals surface area contributed by atoms with Gasteiger partial charge < -0.3 is 10.2 Å². The van der Waals surface area contributed by atoms with Gasteiger partial charge in [-0.1, -0.05) is 31.2 Å². The number of hydrogen-bond acceptors (Lipinski definition) is 3. The normalized spacial score (nSPS) is 10.6. The maximum atomic E-state index is 5.61. The molecular weight excluding hydrogens is 200 g/mol. The number of aromatic nitrogens is 1. The lowest BCUT2D eigenvalue weighted by Gasteiger charge is -2.06. The molecule has 84 valence electrons. The van der Waals surface area contributed by atoms with Gasteiger partial charge in [0, 0.05) is 12.0 Å². The van der Waals surface area contributed by atoms with Gasteiger partial charge in [-0.15, -0.1) is 0 Å². The molecule has 16 heavy (non-hydrogen) atoms. The summed E-state index contributed by atoms with van der Waals surface area (Å²) < 4.78 is 5.36. The number of benzene rings is 1. The first kappa shape index (κ1) is 10.9. The Labute approximate surface area is 95.3 Å². The SMILES string of the molecule is CCc1ocnc1-c1ccccc1CCN. The first-order chi connectivity index (χ1) is 7.86. The van der Waals surface area contributed by atoms with Crippen molar-refractivity contribution in [2.75, 3.05) is 6.54 Å². The third-order valence-corrected chi connectivity index (χ3v) is 2.65. The van der Waals surface area contributed by atoms with E-state index in [4.69, 9.17) is 10.2 Å². The molecule has 0 spiro atoms. The summed E-state index contributed by atoms with van der Waals surface area (Å²) in [5.74, 6) is 0.935. The molecule has 2 N–H and O–H groups in total. The van der Waals surface area contributed by atoms with Crippen LogP contribution in [0.4, 0.5) is 0 Å². The zero-order valence-corrected chi connectivity index (χ0v) is 9.44. The van der Waals surface area contributed by atoms with Gasteiger partial charge in [0.2, 0.25) is 0 Å². The number of nitrogens with two attached hydrogens (primary N) is 1. The minimum absolute atomic E-state index is 0.649. The van der Waals surface area contributed by atoms with Gasteiger partial charge in [-0.25, -0.2) is 4.98 Å². The molecule has 3 nitrogen and oxygen atoms in total. The molecule has 0 saturated heterocycles. The van der Waals surface area contributed by atoms with Gasteiger partial charge in [0.05, 0.1) is 0 Å². The van der Waals surface area contributed by atoms with Gasteiger partial charge in [0.1, 0.15) is 11.5 Å². The van der Waals surface area contributed by atoms with Gasteiger partial charge in [-0.3, -0.25) is 0 Å². The second kappa shape index (κ2) is 4.94. The molecule has 0 fully saturated rings. The van der Waals surface area contributed by atoms with E-state index in [9.17, 15) is 0 Å². The van der Waals surface area contributed by atoms with Crippen LogP contribution < -0.4 is 5.73 Å². The van der Waals surface area contributed by atoms with E-state index in [1.807, 2.05) is 12.1 Å². The van der Waals surface area contributed by atoms with Crippen molar-refractivity contribution in [2.45, 2.75) is 19.8 Å². The molecule has 0 bridgehead atoms. The Kier molecular flexibility index (Phi) is 3.37. The number of hydrogen-bond donors (Lipinski definition) is 1. The Morgan fingerprint density at radius 3 is 2.88 bits per heavy atom. The van der Waals surface area contributed by atoms with Crippen molar-refractivity contribution in [3.8, 4) is 11.3 Å². The number of oxazole rings is 1. The van der Waals surface area contributed by atoms with Gasteiger partial charge >= 0.3 is 0 Å². The summed E-state index contributed by atoms with van der Waals surface area (Å²) in [4.78, 5) is 4.29. The second-order valence-corrected chi connectivity index (χ2v) is 3.67. The molecule has 1 aromatic carbocycles. The van der Waals surface area contributed by atoms with Crippen LogP contribution in [0.15, 0.2) is 35.1 Å². The smallest absolute Gasteiger partial charge is 0.181 e. The summed E-state index contributed by atoms with van der Waals surface area (Å²) >= 11 is 0. The average Bonchev–Trinajstić information content (AvgIpc) is 2.78. The molecule has 0 aliphatic heterocycles. The molecule has 0 amide bonds. The van der Waals surface area contributed by atoms with E-state index in [0.29, 0.717) is 6.54 Å².